The summed E-state index contributed by atoms with van der Waals surface area (Å²) in [5.41, 5.74) is 5.78. The van der Waals surface area contributed by atoms with Gasteiger partial charge in [-0.2, -0.15) is 0 Å². The van der Waals surface area contributed by atoms with Crippen molar-refractivity contribution in [1.82, 2.24) is 9.47 Å². The second kappa shape index (κ2) is 5.01. The Balaban J connectivity index is 2.22. The third-order valence-corrected chi connectivity index (χ3v) is 3.32. The maximum absolute atomic E-state index is 12.1. The van der Waals surface area contributed by atoms with Crippen molar-refractivity contribution < 1.29 is 14.3 Å². The number of amides is 2. The number of fused-ring (bicyclic) bond motifs is 1. The van der Waals surface area contributed by atoms with Crippen molar-refractivity contribution in [3.05, 3.63) is 22.5 Å². The molecular weight excluding hydrogens is 282 g/mol. The fourth-order valence-electron chi connectivity index (χ4n) is 2.14. The predicted molar refractivity (Wildman–Crippen MR) is 74.6 cm³/mol. The molecule has 0 aliphatic carbocycles. The molecule has 0 bridgehead atoms. The molecule has 2 amide bonds. The Morgan fingerprint density at radius 2 is 2.00 bits per heavy atom. The van der Waals surface area contributed by atoms with E-state index in [0.717, 1.165) is 0 Å². The number of primary amides is 1. The van der Waals surface area contributed by atoms with Crippen molar-refractivity contribution in [3.8, 4) is 0 Å². The van der Waals surface area contributed by atoms with Crippen LogP contribution < -0.4 is 5.73 Å². The second-order valence-electron chi connectivity index (χ2n) is 5.75. The number of nitrogens with zero attached hydrogens (tertiary/aromatic N) is 2. The molecule has 110 valence electrons. The largest absolute Gasteiger partial charge is 0.444 e. The summed E-state index contributed by atoms with van der Waals surface area (Å²) in [7, 11) is 0. The molecule has 0 fully saturated rings. The summed E-state index contributed by atoms with van der Waals surface area (Å²) in [5, 5.41) is 0.456. The van der Waals surface area contributed by atoms with Crippen LogP contribution in [0.1, 0.15) is 36.8 Å². The minimum absolute atomic E-state index is 0.264. The molecule has 0 aromatic carbocycles. The van der Waals surface area contributed by atoms with Crippen LogP contribution in [-0.2, 0) is 17.8 Å². The normalized spacial score (nSPS) is 14.9. The molecule has 1 aliphatic heterocycles. The van der Waals surface area contributed by atoms with Gasteiger partial charge in [0.05, 0.1) is 17.8 Å². The Morgan fingerprint density at radius 1 is 1.35 bits per heavy atom. The van der Waals surface area contributed by atoms with Gasteiger partial charge in [0.1, 0.15) is 10.8 Å². The number of carbonyl (C=O) groups is 2. The summed E-state index contributed by atoms with van der Waals surface area (Å²) in [5.74, 6) is -0.549. The molecular formula is C13H18ClN3O3. The van der Waals surface area contributed by atoms with E-state index in [-0.39, 0.29) is 6.54 Å². The van der Waals surface area contributed by atoms with E-state index in [9.17, 15) is 9.59 Å². The van der Waals surface area contributed by atoms with Crippen molar-refractivity contribution in [3.63, 3.8) is 0 Å². The van der Waals surface area contributed by atoms with E-state index in [2.05, 4.69) is 0 Å². The Bertz CT molecular complexity index is 560. The molecule has 2 rings (SSSR count). The van der Waals surface area contributed by atoms with Crippen LogP contribution in [0.4, 0.5) is 4.79 Å². The number of aromatic nitrogens is 1. The molecule has 7 heteroatoms. The Hall–Kier alpha value is -1.69. The molecule has 1 aromatic heterocycles. The average Bonchev–Trinajstić information content (AvgIpc) is 2.64. The third kappa shape index (κ3) is 2.90. The predicted octanol–water partition coefficient (Wildman–Crippen LogP) is 1.99. The zero-order valence-corrected chi connectivity index (χ0v) is 12.5. The SMILES string of the molecule is CC(C)(C)OC(=O)N1CCn2c(Cl)cc(C(N)=O)c2C1. The topological polar surface area (TPSA) is 77.6 Å². The lowest BCUT2D eigenvalue weighted by Gasteiger charge is -2.31. The van der Waals surface area contributed by atoms with Crippen LogP contribution in [-0.4, -0.2) is 33.6 Å². The lowest BCUT2D eigenvalue weighted by atomic mass is 10.2. The van der Waals surface area contributed by atoms with Gasteiger partial charge in [-0.05, 0) is 26.8 Å². The molecule has 2 heterocycles. The first kappa shape index (κ1) is 14.7. The molecule has 0 saturated heterocycles. The fourth-order valence-corrected chi connectivity index (χ4v) is 2.44. The minimum Gasteiger partial charge on any atom is -0.444 e. The van der Waals surface area contributed by atoms with Gasteiger partial charge in [0.2, 0.25) is 0 Å². The molecule has 0 spiro atoms. The summed E-state index contributed by atoms with van der Waals surface area (Å²) in [6.45, 7) is 6.69. The van der Waals surface area contributed by atoms with E-state index in [4.69, 9.17) is 22.1 Å². The van der Waals surface area contributed by atoms with E-state index < -0.39 is 17.6 Å². The first-order chi connectivity index (χ1) is 9.19. The standard InChI is InChI=1S/C13H18ClN3O3/c1-13(2,3)20-12(19)16-4-5-17-9(7-16)8(11(15)18)6-10(17)14/h6H,4-5,7H2,1-3H3,(H2,15,18). The van der Waals surface area contributed by atoms with Gasteiger partial charge < -0.3 is 19.9 Å². The summed E-state index contributed by atoms with van der Waals surface area (Å²) in [6, 6.07) is 1.54. The van der Waals surface area contributed by atoms with Crippen molar-refractivity contribution in [2.24, 2.45) is 5.73 Å². The zero-order chi connectivity index (χ0) is 15.1. The van der Waals surface area contributed by atoms with E-state index in [1.807, 2.05) is 20.8 Å². The number of hydrogen-bond acceptors (Lipinski definition) is 3. The van der Waals surface area contributed by atoms with E-state index in [0.29, 0.717) is 29.5 Å². The molecule has 20 heavy (non-hydrogen) atoms. The minimum atomic E-state index is -0.555. The van der Waals surface area contributed by atoms with Crippen LogP contribution in [0, 0.1) is 0 Å². The number of nitrogens with two attached hydrogens (primary N) is 1. The highest BCUT2D eigenvalue weighted by atomic mass is 35.5. The number of halogens is 1. The van der Waals surface area contributed by atoms with Gasteiger partial charge >= 0.3 is 6.09 Å². The Morgan fingerprint density at radius 3 is 2.55 bits per heavy atom. The van der Waals surface area contributed by atoms with Crippen LogP contribution in [0.25, 0.3) is 0 Å². The van der Waals surface area contributed by atoms with Crippen molar-refractivity contribution in [1.29, 1.82) is 0 Å². The smallest absolute Gasteiger partial charge is 0.410 e. The summed E-state index contributed by atoms with van der Waals surface area (Å²) in [6.07, 6.45) is -0.406. The zero-order valence-electron chi connectivity index (χ0n) is 11.8. The molecule has 0 unspecified atom stereocenters. The maximum Gasteiger partial charge on any atom is 0.410 e. The lowest BCUT2D eigenvalue weighted by molar-refractivity contribution is 0.0198. The van der Waals surface area contributed by atoms with Crippen LogP contribution >= 0.6 is 11.6 Å². The number of hydrogen-bond donors (Lipinski definition) is 1. The summed E-state index contributed by atoms with van der Waals surface area (Å²) in [4.78, 5) is 25.0. The molecule has 0 radical (unpaired) electrons. The van der Waals surface area contributed by atoms with Gasteiger partial charge in [0.15, 0.2) is 0 Å². The monoisotopic (exact) mass is 299 g/mol. The first-order valence-corrected chi connectivity index (χ1v) is 6.72. The molecule has 6 nitrogen and oxygen atoms in total. The van der Waals surface area contributed by atoms with Gasteiger partial charge in [-0.25, -0.2) is 4.79 Å². The number of rotatable bonds is 1. The molecule has 0 saturated carbocycles. The number of ether oxygens (including phenoxy) is 1. The first-order valence-electron chi connectivity index (χ1n) is 6.34. The van der Waals surface area contributed by atoms with Crippen molar-refractivity contribution in [2.75, 3.05) is 6.54 Å². The van der Waals surface area contributed by atoms with E-state index in [1.54, 1.807) is 9.47 Å². The molecule has 1 aliphatic rings. The highest BCUT2D eigenvalue weighted by Gasteiger charge is 2.29. The van der Waals surface area contributed by atoms with Gasteiger partial charge in [0, 0.05) is 13.1 Å². The van der Waals surface area contributed by atoms with Crippen LogP contribution in [0.5, 0.6) is 0 Å². The molecule has 1 aromatic rings. The van der Waals surface area contributed by atoms with Gasteiger partial charge in [-0.3, -0.25) is 4.79 Å². The van der Waals surface area contributed by atoms with Gasteiger partial charge in [0.25, 0.3) is 5.91 Å². The van der Waals surface area contributed by atoms with E-state index >= 15 is 0 Å². The molecule has 2 N–H and O–H groups in total. The van der Waals surface area contributed by atoms with Gasteiger partial charge in [-0.15, -0.1) is 0 Å². The average molecular weight is 300 g/mol. The summed E-state index contributed by atoms with van der Waals surface area (Å²) >= 11 is 6.06. The van der Waals surface area contributed by atoms with E-state index in [1.165, 1.54) is 6.07 Å². The Labute approximate surface area is 122 Å². The van der Waals surface area contributed by atoms with Crippen LogP contribution in [0.15, 0.2) is 6.07 Å². The lowest BCUT2D eigenvalue weighted by Crippen LogP contribution is -2.42. The molecule has 0 atom stereocenters. The highest BCUT2D eigenvalue weighted by Crippen LogP contribution is 2.26. The third-order valence-electron chi connectivity index (χ3n) is 3.01. The quantitative estimate of drug-likeness (QED) is 0.861. The highest BCUT2D eigenvalue weighted by molar-refractivity contribution is 6.30. The van der Waals surface area contributed by atoms with Crippen LogP contribution in [0.2, 0.25) is 5.15 Å². The fraction of sp³-hybridized carbons (Fsp3) is 0.538. The number of carbonyl (C=O) groups excluding carboxylic acids is 2. The van der Waals surface area contributed by atoms with Crippen LogP contribution in [0.3, 0.4) is 0 Å². The Kier molecular flexibility index (Phi) is 3.69. The van der Waals surface area contributed by atoms with Crippen molar-refractivity contribution >= 4 is 23.6 Å². The van der Waals surface area contributed by atoms with Crippen molar-refractivity contribution in [2.45, 2.75) is 39.5 Å². The van der Waals surface area contributed by atoms with Gasteiger partial charge in [-0.1, -0.05) is 11.6 Å². The summed E-state index contributed by atoms with van der Waals surface area (Å²) < 4.78 is 7.12. The maximum atomic E-state index is 12.1. The second-order valence-corrected chi connectivity index (χ2v) is 6.13.